The Labute approximate surface area is 158 Å². The molecule has 5 rings (SSSR count). The molecule has 4 heteroatoms. The first kappa shape index (κ1) is 16.1. The predicted molar refractivity (Wildman–Crippen MR) is 107 cm³/mol. The molecule has 134 valence electrons. The molecule has 3 heterocycles. The standard InChI is InChI=1S/C23H21N3O/c27-23-19-14-22(26-20(19)9-11-25-23)18-8-10-24-21(13-18)17-7-3-6-15-4-1-2-5-16(15)12-17/h1-2,4-5,8,10,12-14,26H,3,6-7,9,11H2,(H,25,27). The van der Waals surface area contributed by atoms with Crippen LogP contribution in [0.25, 0.3) is 22.9 Å². The summed E-state index contributed by atoms with van der Waals surface area (Å²) >= 11 is 0. The maximum absolute atomic E-state index is 12.0. The van der Waals surface area contributed by atoms with Crippen LogP contribution >= 0.6 is 0 Å². The van der Waals surface area contributed by atoms with Crippen LogP contribution in [0.4, 0.5) is 0 Å². The minimum absolute atomic E-state index is 0.0103. The van der Waals surface area contributed by atoms with Gasteiger partial charge in [-0.25, -0.2) is 0 Å². The van der Waals surface area contributed by atoms with Gasteiger partial charge >= 0.3 is 0 Å². The lowest BCUT2D eigenvalue weighted by atomic mass is 10.0. The number of nitrogens with zero attached hydrogens (tertiary/aromatic N) is 1. The third-order valence-corrected chi connectivity index (χ3v) is 5.48. The number of amides is 1. The zero-order valence-electron chi connectivity index (χ0n) is 15.1. The number of fused-ring (bicyclic) bond motifs is 2. The number of H-pyrrole nitrogens is 1. The number of aryl methyl sites for hydroxylation is 1. The number of carbonyl (C=O) groups is 1. The van der Waals surface area contributed by atoms with E-state index in [1.807, 2.05) is 18.3 Å². The SMILES string of the molecule is O=C1NCCc2[nH]c(-c3ccnc(C4=Cc5ccccc5CCC4)c3)cc21. The van der Waals surface area contributed by atoms with Crippen LogP contribution in [0.2, 0.25) is 0 Å². The third-order valence-electron chi connectivity index (χ3n) is 5.48. The highest BCUT2D eigenvalue weighted by atomic mass is 16.1. The summed E-state index contributed by atoms with van der Waals surface area (Å²) in [6, 6.07) is 14.7. The summed E-state index contributed by atoms with van der Waals surface area (Å²) in [7, 11) is 0. The second kappa shape index (κ2) is 6.54. The summed E-state index contributed by atoms with van der Waals surface area (Å²) in [6.07, 6.45) is 8.25. The Hall–Kier alpha value is -3.14. The molecule has 27 heavy (non-hydrogen) atoms. The first-order valence-electron chi connectivity index (χ1n) is 9.53. The number of benzene rings is 1. The normalized spacial score (nSPS) is 16.0. The Morgan fingerprint density at radius 1 is 1.00 bits per heavy atom. The van der Waals surface area contributed by atoms with E-state index in [1.54, 1.807) is 0 Å². The highest BCUT2D eigenvalue weighted by molar-refractivity contribution is 5.97. The molecule has 2 N–H and O–H groups in total. The number of hydrogen-bond acceptors (Lipinski definition) is 2. The Balaban J connectivity index is 1.53. The van der Waals surface area contributed by atoms with Gasteiger partial charge in [-0.3, -0.25) is 9.78 Å². The molecule has 0 saturated heterocycles. The largest absolute Gasteiger partial charge is 0.358 e. The summed E-state index contributed by atoms with van der Waals surface area (Å²) in [5, 5.41) is 2.90. The van der Waals surface area contributed by atoms with Crippen molar-refractivity contribution in [2.45, 2.75) is 25.7 Å². The van der Waals surface area contributed by atoms with Crippen LogP contribution in [0.15, 0.2) is 48.7 Å². The van der Waals surface area contributed by atoms with Gasteiger partial charge in [-0.05, 0) is 60.2 Å². The van der Waals surface area contributed by atoms with Crippen LogP contribution in [0.5, 0.6) is 0 Å². The van der Waals surface area contributed by atoms with Crippen LogP contribution < -0.4 is 5.32 Å². The number of rotatable bonds is 2. The zero-order chi connectivity index (χ0) is 18.2. The van der Waals surface area contributed by atoms with Gasteiger partial charge in [-0.1, -0.05) is 24.3 Å². The molecule has 3 aromatic rings. The zero-order valence-corrected chi connectivity index (χ0v) is 15.1. The van der Waals surface area contributed by atoms with Gasteiger partial charge in [0, 0.05) is 36.1 Å². The second-order valence-electron chi connectivity index (χ2n) is 7.23. The van der Waals surface area contributed by atoms with Gasteiger partial charge in [-0.15, -0.1) is 0 Å². The summed E-state index contributed by atoms with van der Waals surface area (Å²) in [6.45, 7) is 0.694. The van der Waals surface area contributed by atoms with Gasteiger partial charge < -0.3 is 10.3 Å². The van der Waals surface area contributed by atoms with Crippen LogP contribution in [-0.2, 0) is 12.8 Å². The number of aromatic amines is 1. The average Bonchev–Trinajstić information content (AvgIpc) is 3.03. The van der Waals surface area contributed by atoms with Crippen LogP contribution in [-0.4, -0.2) is 22.4 Å². The topological polar surface area (TPSA) is 57.8 Å². The molecular formula is C23H21N3O. The van der Waals surface area contributed by atoms with Gasteiger partial charge in [0.1, 0.15) is 0 Å². The number of allylic oxidation sites excluding steroid dienone is 1. The number of nitrogens with one attached hydrogen (secondary N) is 2. The van der Waals surface area contributed by atoms with Crippen molar-refractivity contribution in [3.05, 3.63) is 76.7 Å². The van der Waals surface area contributed by atoms with Gasteiger partial charge in [0.05, 0.1) is 11.3 Å². The summed E-state index contributed by atoms with van der Waals surface area (Å²) in [4.78, 5) is 20.1. The molecule has 1 aromatic carbocycles. The molecule has 0 spiro atoms. The van der Waals surface area contributed by atoms with Crippen molar-refractivity contribution in [3.63, 3.8) is 0 Å². The fourth-order valence-corrected chi connectivity index (χ4v) is 4.06. The van der Waals surface area contributed by atoms with Gasteiger partial charge in [0.2, 0.25) is 0 Å². The van der Waals surface area contributed by atoms with Crippen molar-refractivity contribution < 1.29 is 4.79 Å². The minimum Gasteiger partial charge on any atom is -0.358 e. The number of aromatic nitrogens is 2. The van der Waals surface area contributed by atoms with Gasteiger partial charge in [0.25, 0.3) is 5.91 Å². The van der Waals surface area contributed by atoms with Crippen molar-refractivity contribution in [2.24, 2.45) is 0 Å². The van der Waals surface area contributed by atoms with E-state index in [2.05, 4.69) is 51.7 Å². The second-order valence-corrected chi connectivity index (χ2v) is 7.23. The lowest BCUT2D eigenvalue weighted by molar-refractivity contribution is 0.0946. The fraction of sp³-hybridized carbons (Fsp3) is 0.217. The van der Waals surface area contributed by atoms with Crippen molar-refractivity contribution in [1.29, 1.82) is 0 Å². The van der Waals surface area contributed by atoms with Crippen molar-refractivity contribution >= 4 is 17.6 Å². The maximum Gasteiger partial charge on any atom is 0.253 e. The monoisotopic (exact) mass is 355 g/mol. The van der Waals surface area contributed by atoms with Crippen LogP contribution in [0.1, 0.15) is 45.7 Å². The molecule has 1 aliphatic carbocycles. The summed E-state index contributed by atoms with van der Waals surface area (Å²) in [5.41, 5.74) is 8.83. The van der Waals surface area contributed by atoms with E-state index in [4.69, 9.17) is 0 Å². The van der Waals surface area contributed by atoms with Crippen molar-refractivity contribution in [1.82, 2.24) is 15.3 Å². The maximum atomic E-state index is 12.0. The summed E-state index contributed by atoms with van der Waals surface area (Å²) < 4.78 is 0. The highest BCUT2D eigenvalue weighted by Crippen LogP contribution is 2.31. The lowest BCUT2D eigenvalue weighted by Crippen LogP contribution is -2.31. The molecule has 0 radical (unpaired) electrons. The Kier molecular flexibility index (Phi) is 3.89. The molecule has 2 aromatic heterocycles. The van der Waals surface area contributed by atoms with E-state index in [1.165, 1.54) is 16.7 Å². The number of hydrogen-bond donors (Lipinski definition) is 2. The Morgan fingerprint density at radius 3 is 2.85 bits per heavy atom. The van der Waals surface area contributed by atoms with Gasteiger partial charge in [-0.2, -0.15) is 0 Å². The Bertz CT molecular complexity index is 1060. The predicted octanol–water partition coefficient (Wildman–Crippen LogP) is 4.24. The van der Waals surface area contributed by atoms with Crippen LogP contribution in [0.3, 0.4) is 0 Å². The van der Waals surface area contributed by atoms with E-state index in [-0.39, 0.29) is 5.91 Å². The first-order valence-corrected chi connectivity index (χ1v) is 9.53. The average molecular weight is 355 g/mol. The lowest BCUT2D eigenvalue weighted by Gasteiger charge is -2.11. The first-order chi connectivity index (χ1) is 13.3. The molecule has 0 atom stereocenters. The molecular weight excluding hydrogens is 334 g/mol. The fourth-order valence-electron chi connectivity index (χ4n) is 4.06. The minimum atomic E-state index is 0.0103. The van der Waals surface area contributed by atoms with E-state index in [9.17, 15) is 4.79 Å². The third kappa shape index (κ3) is 2.97. The van der Waals surface area contributed by atoms with E-state index in [0.717, 1.165) is 53.9 Å². The molecule has 0 fully saturated rings. The Morgan fingerprint density at radius 2 is 1.93 bits per heavy atom. The molecule has 4 nitrogen and oxygen atoms in total. The quantitative estimate of drug-likeness (QED) is 0.722. The molecule has 1 aliphatic heterocycles. The van der Waals surface area contributed by atoms with Gasteiger partial charge in [0.15, 0.2) is 0 Å². The summed E-state index contributed by atoms with van der Waals surface area (Å²) in [5.74, 6) is 0.0103. The number of pyridine rings is 1. The van der Waals surface area contributed by atoms with Crippen molar-refractivity contribution in [2.75, 3.05) is 6.54 Å². The van der Waals surface area contributed by atoms with Crippen LogP contribution in [0, 0.1) is 0 Å². The van der Waals surface area contributed by atoms with Crippen molar-refractivity contribution in [3.8, 4) is 11.3 Å². The van der Waals surface area contributed by atoms with E-state index >= 15 is 0 Å². The molecule has 1 amide bonds. The molecule has 0 saturated carbocycles. The van der Waals surface area contributed by atoms with E-state index in [0.29, 0.717) is 6.54 Å². The highest BCUT2D eigenvalue weighted by Gasteiger charge is 2.20. The van der Waals surface area contributed by atoms with E-state index < -0.39 is 0 Å². The number of carbonyl (C=O) groups excluding carboxylic acids is 1. The molecule has 0 bridgehead atoms. The molecule has 0 unspecified atom stereocenters. The molecule has 2 aliphatic rings. The smallest absolute Gasteiger partial charge is 0.253 e.